The third-order valence-corrected chi connectivity index (χ3v) is 3.17. The molecule has 0 spiro atoms. The Labute approximate surface area is 94.3 Å². The van der Waals surface area contributed by atoms with Crippen molar-refractivity contribution in [3.63, 3.8) is 0 Å². The second-order valence-electron chi connectivity index (χ2n) is 3.21. The minimum absolute atomic E-state index is 0.396. The number of halogens is 1. The normalized spacial score (nSPS) is 12.8. The van der Waals surface area contributed by atoms with Gasteiger partial charge in [-0.15, -0.1) is 0 Å². The third-order valence-electron chi connectivity index (χ3n) is 2.09. The molecule has 1 rings (SSSR count). The van der Waals surface area contributed by atoms with Gasteiger partial charge in [-0.2, -0.15) is 12.6 Å². The van der Waals surface area contributed by atoms with Gasteiger partial charge in [-0.3, -0.25) is 0 Å². The van der Waals surface area contributed by atoms with E-state index in [4.69, 9.17) is 0 Å². The van der Waals surface area contributed by atoms with Crippen molar-refractivity contribution < 1.29 is 0 Å². The van der Waals surface area contributed by atoms with Gasteiger partial charge in [0, 0.05) is 9.72 Å². The molecule has 0 fully saturated rings. The number of rotatable bonds is 4. The summed E-state index contributed by atoms with van der Waals surface area (Å²) in [4.78, 5) is 0. The number of thiol groups is 1. The lowest BCUT2D eigenvalue weighted by molar-refractivity contribution is 0.709. The SMILES string of the molecule is CCCCC(S)c1ccc(Br)cc1. The van der Waals surface area contributed by atoms with Crippen LogP contribution in [0, 0.1) is 0 Å². The lowest BCUT2D eigenvalue weighted by Crippen LogP contribution is -1.89. The molecule has 0 aliphatic rings. The van der Waals surface area contributed by atoms with Gasteiger partial charge in [-0.05, 0) is 24.1 Å². The van der Waals surface area contributed by atoms with E-state index in [1.807, 2.05) is 0 Å². The van der Waals surface area contributed by atoms with Crippen molar-refractivity contribution >= 4 is 28.6 Å². The maximum absolute atomic E-state index is 4.57. The maximum Gasteiger partial charge on any atom is 0.0267 e. The number of benzene rings is 1. The van der Waals surface area contributed by atoms with Crippen LogP contribution in [0.5, 0.6) is 0 Å². The van der Waals surface area contributed by atoms with Crippen molar-refractivity contribution in [1.82, 2.24) is 0 Å². The predicted octanol–water partition coefficient (Wildman–Crippen LogP) is 4.61. The Balaban J connectivity index is 2.55. The molecule has 0 amide bonds. The molecular weight excluding hydrogens is 244 g/mol. The average Bonchev–Trinajstić information content (AvgIpc) is 2.15. The fraction of sp³-hybridized carbons (Fsp3) is 0.455. The van der Waals surface area contributed by atoms with Crippen molar-refractivity contribution in [1.29, 1.82) is 0 Å². The summed E-state index contributed by atoms with van der Waals surface area (Å²) in [5.74, 6) is 0. The lowest BCUT2D eigenvalue weighted by Gasteiger charge is -2.09. The molecule has 1 aromatic carbocycles. The van der Waals surface area contributed by atoms with E-state index < -0.39 is 0 Å². The molecule has 0 nitrogen and oxygen atoms in total. The van der Waals surface area contributed by atoms with E-state index in [1.165, 1.54) is 24.8 Å². The first-order valence-electron chi connectivity index (χ1n) is 4.67. The fourth-order valence-corrected chi connectivity index (χ4v) is 1.87. The summed E-state index contributed by atoms with van der Waals surface area (Å²) in [6.45, 7) is 2.21. The van der Waals surface area contributed by atoms with E-state index in [0.29, 0.717) is 5.25 Å². The van der Waals surface area contributed by atoms with Crippen LogP contribution >= 0.6 is 28.6 Å². The first kappa shape index (κ1) is 11.1. The topological polar surface area (TPSA) is 0 Å². The Morgan fingerprint density at radius 2 is 1.92 bits per heavy atom. The van der Waals surface area contributed by atoms with E-state index >= 15 is 0 Å². The molecule has 0 aliphatic carbocycles. The fourth-order valence-electron chi connectivity index (χ4n) is 1.25. The minimum Gasteiger partial charge on any atom is -0.171 e. The highest BCUT2D eigenvalue weighted by atomic mass is 79.9. The van der Waals surface area contributed by atoms with Crippen LogP contribution in [0.25, 0.3) is 0 Å². The molecule has 72 valence electrons. The van der Waals surface area contributed by atoms with E-state index in [0.717, 1.165) is 4.47 Å². The Hall–Kier alpha value is 0.0500. The van der Waals surface area contributed by atoms with Gasteiger partial charge in [-0.25, -0.2) is 0 Å². The van der Waals surface area contributed by atoms with Gasteiger partial charge in [0.25, 0.3) is 0 Å². The second kappa shape index (κ2) is 5.71. The Kier molecular flexibility index (Phi) is 4.89. The van der Waals surface area contributed by atoms with Crippen LogP contribution in [0.4, 0.5) is 0 Å². The first-order valence-corrected chi connectivity index (χ1v) is 5.98. The van der Waals surface area contributed by atoms with E-state index in [1.54, 1.807) is 0 Å². The zero-order valence-corrected chi connectivity index (χ0v) is 10.3. The van der Waals surface area contributed by atoms with E-state index in [2.05, 4.69) is 59.7 Å². The molecule has 0 bridgehead atoms. The van der Waals surface area contributed by atoms with E-state index in [9.17, 15) is 0 Å². The van der Waals surface area contributed by atoms with E-state index in [-0.39, 0.29) is 0 Å². The molecule has 0 aromatic heterocycles. The monoisotopic (exact) mass is 258 g/mol. The molecule has 0 radical (unpaired) electrons. The summed E-state index contributed by atoms with van der Waals surface area (Å²) >= 11 is 7.99. The smallest absolute Gasteiger partial charge is 0.0267 e. The van der Waals surface area contributed by atoms with Crippen LogP contribution < -0.4 is 0 Å². The third kappa shape index (κ3) is 3.74. The quantitative estimate of drug-likeness (QED) is 0.750. The summed E-state index contributed by atoms with van der Waals surface area (Å²) in [7, 11) is 0. The molecule has 0 N–H and O–H groups in total. The van der Waals surface area contributed by atoms with Gasteiger partial charge in [0.05, 0.1) is 0 Å². The molecule has 0 heterocycles. The summed E-state index contributed by atoms with van der Waals surface area (Å²) in [5, 5.41) is 0.396. The van der Waals surface area contributed by atoms with Gasteiger partial charge >= 0.3 is 0 Å². The predicted molar refractivity (Wildman–Crippen MR) is 65.4 cm³/mol. The van der Waals surface area contributed by atoms with Crippen LogP contribution in [0.15, 0.2) is 28.7 Å². The van der Waals surface area contributed by atoms with Crippen molar-refractivity contribution in [2.45, 2.75) is 31.4 Å². The summed E-state index contributed by atoms with van der Waals surface area (Å²) in [6, 6.07) is 8.42. The molecule has 1 atom stereocenters. The highest BCUT2D eigenvalue weighted by molar-refractivity contribution is 9.10. The number of hydrogen-bond donors (Lipinski definition) is 1. The van der Waals surface area contributed by atoms with Crippen LogP contribution in [-0.4, -0.2) is 0 Å². The Morgan fingerprint density at radius 3 is 2.46 bits per heavy atom. The van der Waals surface area contributed by atoms with Gasteiger partial charge in [0.1, 0.15) is 0 Å². The minimum atomic E-state index is 0.396. The van der Waals surface area contributed by atoms with Crippen LogP contribution in [0.2, 0.25) is 0 Å². The zero-order chi connectivity index (χ0) is 9.68. The maximum atomic E-state index is 4.57. The number of hydrogen-bond acceptors (Lipinski definition) is 1. The Morgan fingerprint density at radius 1 is 1.31 bits per heavy atom. The first-order chi connectivity index (χ1) is 6.24. The van der Waals surface area contributed by atoms with Crippen molar-refractivity contribution in [2.75, 3.05) is 0 Å². The molecule has 1 aromatic rings. The standard InChI is InChI=1S/C11H15BrS/c1-2-3-4-11(13)9-5-7-10(12)8-6-9/h5-8,11,13H,2-4H2,1H3. The summed E-state index contributed by atoms with van der Waals surface area (Å²) in [6.07, 6.45) is 3.67. The highest BCUT2D eigenvalue weighted by Crippen LogP contribution is 2.26. The molecule has 2 heteroatoms. The molecule has 0 aliphatic heterocycles. The van der Waals surface area contributed by atoms with Crippen LogP contribution in [-0.2, 0) is 0 Å². The molecule has 0 saturated heterocycles. The highest BCUT2D eigenvalue weighted by Gasteiger charge is 2.04. The Bertz CT molecular complexity index is 243. The molecular formula is C11H15BrS. The molecule has 1 unspecified atom stereocenters. The summed E-state index contributed by atoms with van der Waals surface area (Å²) < 4.78 is 1.13. The second-order valence-corrected chi connectivity index (χ2v) is 4.75. The average molecular weight is 259 g/mol. The van der Waals surface area contributed by atoms with Crippen molar-refractivity contribution in [3.8, 4) is 0 Å². The number of unbranched alkanes of at least 4 members (excludes halogenated alkanes) is 1. The van der Waals surface area contributed by atoms with Gasteiger partial charge in [-0.1, -0.05) is 47.8 Å². The van der Waals surface area contributed by atoms with Gasteiger partial charge in [0.2, 0.25) is 0 Å². The van der Waals surface area contributed by atoms with Crippen LogP contribution in [0.3, 0.4) is 0 Å². The largest absolute Gasteiger partial charge is 0.171 e. The van der Waals surface area contributed by atoms with Crippen LogP contribution in [0.1, 0.15) is 37.0 Å². The zero-order valence-electron chi connectivity index (χ0n) is 7.83. The lowest BCUT2D eigenvalue weighted by atomic mass is 10.1. The molecule has 13 heavy (non-hydrogen) atoms. The summed E-state index contributed by atoms with van der Waals surface area (Å²) in [5.41, 5.74) is 1.32. The van der Waals surface area contributed by atoms with Crippen molar-refractivity contribution in [3.05, 3.63) is 34.3 Å². The van der Waals surface area contributed by atoms with Gasteiger partial charge < -0.3 is 0 Å². The van der Waals surface area contributed by atoms with Crippen molar-refractivity contribution in [2.24, 2.45) is 0 Å². The molecule has 0 saturated carbocycles. The van der Waals surface area contributed by atoms with Gasteiger partial charge in [0.15, 0.2) is 0 Å².